The van der Waals surface area contributed by atoms with Crippen LogP contribution in [0, 0.1) is 6.92 Å². The molecule has 26 heavy (non-hydrogen) atoms. The lowest BCUT2D eigenvalue weighted by Crippen LogP contribution is -2.26. The fourth-order valence-corrected chi connectivity index (χ4v) is 3.42. The van der Waals surface area contributed by atoms with E-state index < -0.39 is 0 Å². The summed E-state index contributed by atoms with van der Waals surface area (Å²) in [4.78, 5) is 14.8. The van der Waals surface area contributed by atoms with Crippen LogP contribution in [0.5, 0.6) is 5.75 Å². The van der Waals surface area contributed by atoms with Crippen LogP contribution in [0.25, 0.3) is 11.1 Å². The lowest BCUT2D eigenvalue weighted by molar-refractivity contribution is 0.0952. The summed E-state index contributed by atoms with van der Waals surface area (Å²) in [6, 6.07) is 13.2. The van der Waals surface area contributed by atoms with Crippen molar-refractivity contribution < 1.29 is 9.90 Å². The SMILES string of the molecule is Cc1cc(-c2ccc(C(=O)NCCCCN3CCCC3)cc2)ccc1O. The average molecular weight is 352 g/mol. The minimum absolute atomic E-state index is 0.0143. The minimum Gasteiger partial charge on any atom is -0.508 e. The summed E-state index contributed by atoms with van der Waals surface area (Å²) in [7, 11) is 0. The second kappa shape index (κ2) is 8.86. The van der Waals surface area contributed by atoms with Crippen LogP contribution in [0.15, 0.2) is 42.5 Å². The third-order valence-electron chi connectivity index (χ3n) is 5.06. The number of likely N-dealkylation sites (tertiary alicyclic amines) is 1. The maximum Gasteiger partial charge on any atom is 0.251 e. The number of nitrogens with one attached hydrogen (secondary N) is 1. The smallest absolute Gasteiger partial charge is 0.251 e. The number of unbranched alkanes of at least 4 members (excludes halogenated alkanes) is 1. The van der Waals surface area contributed by atoms with Crippen LogP contribution in [0.4, 0.5) is 0 Å². The van der Waals surface area contributed by atoms with Crippen molar-refractivity contribution in [1.82, 2.24) is 10.2 Å². The van der Waals surface area contributed by atoms with Gasteiger partial charge in [0.15, 0.2) is 0 Å². The van der Waals surface area contributed by atoms with Gasteiger partial charge in [-0.25, -0.2) is 0 Å². The van der Waals surface area contributed by atoms with Gasteiger partial charge in [-0.05, 0) is 93.2 Å². The molecule has 1 fully saturated rings. The van der Waals surface area contributed by atoms with Gasteiger partial charge >= 0.3 is 0 Å². The van der Waals surface area contributed by atoms with Crippen molar-refractivity contribution in [2.75, 3.05) is 26.2 Å². The second-order valence-electron chi connectivity index (χ2n) is 7.09. The van der Waals surface area contributed by atoms with E-state index in [9.17, 15) is 9.90 Å². The Hall–Kier alpha value is -2.33. The van der Waals surface area contributed by atoms with E-state index in [1.54, 1.807) is 6.07 Å². The van der Waals surface area contributed by atoms with Crippen LogP contribution in [0.1, 0.15) is 41.6 Å². The zero-order valence-electron chi connectivity index (χ0n) is 15.5. The van der Waals surface area contributed by atoms with Crippen molar-refractivity contribution in [2.24, 2.45) is 0 Å². The van der Waals surface area contributed by atoms with E-state index in [2.05, 4.69) is 10.2 Å². The van der Waals surface area contributed by atoms with Crippen LogP contribution < -0.4 is 5.32 Å². The number of hydrogen-bond donors (Lipinski definition) is 2. The third-order valence-corrected chi connectivity index (χ3v) is 5.06. The van der Waals surface area contributed by atoms with Gasteiger partial charge in [0, 0.05) is 12.1 Å². The van der Waals surface area contributed by atoms with Crippen molar-refractivity contribution in [1.29, 1.82) is 0 Å². The van der Waals surface area contributed by atoms with Crippen molar-refractivity contribution in [3.8, 4) is 16.9 Å². The molecule has 2 aromatic rings. The summed E-state index contributed by atoms with van der Waals surface area (Å²) in [6.07, 6.45) is 4.82. The first-order chi connectivity index (χ1) is 12.6. The van der Waals surface area contributed by atoms with Gasteiger partial charge in [0.05, 0.1) is 0 Å². The molecule has 4 heteroatoms. The summed E-state index contributed by atoms with van der Waals surface area (Å²) in [5, 5.41) is 12.6. The summed E-state index contributed by atoms with van der Waals surface area (Å²) >= 11 is 0. The first-order valence-electron chi connectivity index (χ1n) is 9.54. The first kappa shape index (κ1) is 18.5. The van der Waals surface area contributed by atoms with Gasteiger partial charge < -0.3 is 15.3 Å². The normalized spacial score (nSPS) is 14.5. The number of nitrogens with zero attached hydrogens (tertiary/aromatic N) is 1. The third kappa shape index (κ3) is 4.85. The monoisotopic (exact) mass is 352 g/mol. The largest absolute Gasteiger partial charge is 0.508 e. The molecule has 0 aromatic heterocycles. The van der Waals surface area contributed by atoms with E-state index in [0.717, 1.165) is 42.6 Å². The highest BCUT2D eigenvalue weighted by Crippen LogP contribution is 2.25. The summed E-state index contributed by atoms with van der Waals surface area (Å²) < 4.78 is 0. The number of phenolic OH excluding ortho intramolecular Hbond substituents is 1. The van der Waals surface area contributed by atoms with Crippen LogP contribution in [-0.2, 0) is 0 Å². The van der Waals surface area contributed by atoms with Crippen LogP contribution in [0.3, 0.4) is 0 Å². The number of phenols is 1. The predicted octanol–water partition coefficient (Wildman–Crippen LogP) is 3.97. The summed E-state index contributed by atoms with van der Waals surface area (Å²) in [6.45, 7) is 6.23. The highest BCUT2D eigenvalue weighted by Gasteiger charge is 2.10. The van der Waals surface area contributed by atoms with Crippen LogP contribution in [0.2, 0.25) is 0 Å². The predicted molar refractivity (Wildman–Crippen MR) is 106 cm³/mol. The Balaban J connectivity index is 1.46. The maximum atomic E-state index is 12.3. The minimum atomic E-state index is -0.0143. The van der Waals surface area contributed by atoms with Gasteiger partial charge in [-0.1, -0.05) is 18.2 Å². The van der Waals surface area contributed by atoms with Gasteiger partial charge in [-0.15, -0.1) is 0 Å². The van der Waals surface area contributed by atoms with E-state index in [1.165, 1.54) is 25.9 Å². The number of rotatable bonds is 7. The number of hydrogen-bond acceptors (Lipinski definition) is 3. The molecule has 0 radical (unpaired) electrons. The number of carbonyl (C=O) groups excluding carboxylic acids is 1. The zero-order chi connectivity index (χ0) is 18.4. The van der Waals surface area contributed by atoms with Crippen molar-refractivity contribution in [3.63, 3.8) is 0 Å². The summed E-state index contributed by atoms with van der Waals surface area (Å²) in [5.41, 5.74) is 3.60. The molecule has 2 aromatic carbocycles. The first-order valence-corrected chi connectivity index (χ1v) is 9.54. The molecule has 1 amide bonds. The number of benzene rings is 2. The average Bonchev–Trinajstić information content (AvgIpc) is 3.17. The molecule has 1 saturated heterocycles. The highest BCUT2D eigenvalue weighted by atomic mass is 16.3. The Labute approximate surface area is 155 Å². The highest BCUT2D eigenvalue weighted by molar-refractivity contribution is 5.94. The molecule has 1 aliphatic rings. The fourth-order valence-electron chi connectivity index (χ4n) is 3.42. The van der Waals surface area contributed by atoms with E-state index in [4.69, 9.17) is 0 Å². The zero-order valence-corrected chi connectivity index (χ0v) is 15.5. The molecular formula is C22H28N2O2. The molecule has 0 atom stereocenters. The molecule has 0 aliphatic carbocycles. The van der Waals surface area contributed by atoms with Gasteiger partial charge in [0.25, 0.3) is 5.91 Å². The van der Waals surface area contributed by atoms with Crippen LogP contribution >= 0.6 is 0 Å². The van der Waals surface area contributed by atoms with E-state index in [1.807, 2.05) is 43.3 Å². The summed E-state index contributed by atoms with van der Waals surface area (Å²) in [5.74, 6) is 0.286. The number of aromatic hydroxyl groups is 1. The lowest BCUT2D eigenvalue weighted by Gasteiger charge is -2.14. The molecule has 0 saturated carbocycles. The Bertz CT molecular complexity index is 734. The Morgan fingerprint density at radius 1 is 1.04 bits per heavy atom. The Morgan fingerprint density at radius 2 is 1.73 bits per heavy atom. The molecule has 1 heterocycles. The van der Waals surface area contributed by atoms with Gasteiger partial charge in [0.1, 0.15) is 5.75 Å². The topological polar surface area (TPSA) is 52.6 Å². The van der Waals surface area contributed by atoms with E-state index in [0.29, 0.717) is 11.3 Å². The standard InChI is InChI=1S/C22H28N2O2/c1-17-16-20(10-11-21(17)25)18-6-8-19(9-7-18)22(26)23-12-2-3-13-24-14-4-5-15-24/h6-11,16,25H,2-5,12-15H2,1H3,(H,23,26). The molecular weight excluding hydrogens is 324 g/mol. The number of aryl methyl sites for hydroxylation is 1. The Morgan fingerprint density at radius 3 is 2.42 bits per heavy atom. The number of amides is 1. The quantitative estimate of drug-likeness (QED) is 0.741. The molecule has 138 valence electrons. The number of carbonyl (C=O) groups is 1. The molecule has 2 N–H and O–H groups in total. The van der Waals surface area contributed by atoms with Crippen molar-refractivity contribution >= 4 is 5.91 Å². The molecule has 0 spiro atoms. The Kier molecular flexibility index (Phi) is 6.29. The maximum absolute atomic E-state index is 12.3. The van der Waals surface area contributed by atoms with Gasteiger partial charge in [-0.2, -0.15) is 0 Å². The van der Waals surface area contributed by atoms with Crippen molar-refractivity contribution in [3.05, 3.63) is 53.6 Å². The van der Waals surface area contributed by atoms with E-state index in [-0.39, 0.29) is 5.91 Å². The van der Waals surface area contributed by atoms with Gasteiger partial charge in [0.2, 0.25) is 0 Å². The lowest BCUT2D eigenvalue weighted by atomic mass is 10.0. The van der Waals surface area contributed by atoms with Gasteiger partial charge in [-0.3, -0.25) is 4.79 Å². The van der Waals surface area contributed by atoms with Crippen molar-refractivity contribution in [2.45, 2.75) is 32.6 Å². The van der Waals surface area contributed by atoms with Crippen LogP contribution in [-0.4, -0.2) is 42.1 Å². The fraction of sp³-hybridized carbons (Fsp3) is 0.409. The molecule has 4 nitrogen and oxygen atoms in total. The molecule has 0 unspecified atom stereocenters. The second-order valence-corrected chi connectivity index (χ2v) is 7.09. The van der Waals surface area contributed by atoms with E-state index >= 15 is 0 Å². The molecule has 3 rings (SSSR count). The molecule has 0 bridgehead atoms. The molecule has 1 aliphatic heterocycles.